The van der Waals surface area contributed by atoms with Gasteiger partial charge in [-0.3, -0.25) is 9.59 Å². The molecule has 0 aromatic rings. The number of ether oxygens (including phenoxy) is 12. The van der Waals surface area contributed by atoms with Crippen molar-refractivity contribution in [2.24, 2.45) is 0 Å². The third-order valence-electron chi connectivity index (χ3n) is 21.0. The lowest BCUT2D eigenvalue weighted by atomic mass is 10.1. The van der Waals surface area contributed by atoms with Crippen molar-refractivity contribution in [2.45, 2.75) is 387 Å². The van der Waals surface area contributed by atoms with Gasteiger partial charge in [0, 0.05) is 52.1 Å². The van der Waals surface area contributed by atoms with Gasteiger partial charge in [-0.05, 0) is 89.9 Å². The van der Waals surface area contributed by atoms with Crippen LogP contribution in [-0.2, 0) is 76.0 Å². The van der Waals surface area contributed by atoms with Gasteiger partial charge in [-0.1, -0.05) is 272 Å². The first-order valence-corrected chi connectivity index (χ1v) is 49.4. The van der Waals surface area contributed by atoms with Gasteiger partial charge < -0.3 is 99.4 Å². The first-order chi connectivity index (χ1) is 60.0. The largest absolute Gasteiger partial charge is 0.464 e. The van der Waals surface area contributed by atoms with E-state index in [4.69, 9.17) is 56.8 Å². The molecule has 0 radical (unpaired) electrons. The maximum atomic E-state index is 13.2. The molecule has 0 heterocycles. The summed E-state index contributed by atoms with van der Waals surface area (Å²) in [5.74, 6) is -0.692. The van der Waals surface area contributed by atoms with Crippen molar-refractivity contribution in [2.75, 3.05) is 171 Å². The summed E-state index contributed by atoms with van der Waals surface area (Å²) in [5, 5.41) is 23.0. The summed E-state index contributed by atoms with van der Waals surface area (Å²) >= 11 is 0. The third-order valence-corrected chi connectivity index (χ3v) is 21.0. The molecule has 0 rings (SSSR count). The first-order valence-electron chi connectivity index (χ1n) is 49.4. The monoisotopic (exact) mass is 1740 g/mol. The Morgan fingerprint density at radius 3 is 0.664 bits per heavy atom. The van der Waals surface area contributed by atoms with Crippen LogP contribution in [0.25, 0.3) is 0 Å². The van der Waals surface area contributed by atoms with Crippen molar-refractivity contribution in [3.8, 4) is 0 Å². The molecular weight excluding hydrogens is 1560 g/mol. The zero-order valence-electron chi connectivity index (χ0n) is 77.9. The Balaban J connectivity index is 3.92. The number of amides is 8. The second kappa shape index (κ2) is 97.8. The van der Waals surface area contributed by atoms with E-state index in [1.807, 2.05) is 0 Å². The number of carbonyl (C=O) groups is 8. The molecule has 718 valence electrons. The molecule has 8 amide bonds. The van der Waals surface area contributed by atoms with Gasteiger partial charge in [-0.2, -0.15) is 0 Å². The maximum absolute atomic E-state index is 13.2. The fraction of sp³-hybridized carbons (Fsp3) is 0.915. The SMILES string of the molecule is CCCCCCCCCCCCOC(=O)[C@H](CCCCNC(=O)CCCCCCCCCCC)NC(=O)NCCCCCCNC(=O)OCCOCCOCCOCCOCCOCCOCCOCCOCCOC(=O)NCCCCCCNC(=O)N[C@@H](CCCCNC(=O)CCCCCCCCCCC)C(=O)OCCCCCCCCCCCC. The number of alkyl carbamates (subject to hydrolysis) is 2. The molecule has 122 heavy (non-hydrogen) atoms. The summed E-state index contributed by atoms with van der Waals surface area (Å²) in [5.41, 5.74) is 0. The summed E-state index contributed by atoms with van der Waals surface area (Å²) in [4.78, 5) is 101. The van der Waals surface area contributed by atoms with E-state index in [9.17, 15) is 38.4 Å². The number of esters is 2. The number of carbonyl (C=O) groups excluding carboxylic acids is 8. The van der Waals surface area contributed by atoms with Crippen LogP contribution >= 0.6 is 0 Å². The Morgan fingerprint density at radius 1 is 0.197 bits per heavy atom. The van der Waals surface area contributed by atoms with Crippen molar-refractivity contribution in [1.82, 2.24) is 42.5 Å². The minimum Gasteiger partial charge on any atom is -0.464 e. The van der Waals surface area contributed by atoms with Crippen LogP contribution in [-0.4, -0.2) is 231 Å². The van der Waals surface area contributed by atoms with Crippen LogP contribution < -0.4 is 42.5 Å². The first kappa shape index (κ1) is 117. The minimum absolute atomic E-state index is 0.0708. The molecule has 2 atom stereocenters. The summed E-state index contributed by atoms with van der Waals surface area (Å²) in [6.07, 6.45) is 55.6. The number of rotatable bonds is 97. The summed E-state index contributed by atoms with van der Waals surface area (Å²) < 4.78 is 66.1. The molecule has 0 saturated carbocycles. The molecule has 0 saturated heterocycles. The number of nitrogens with one attached hydrogen (secondary N) is 8. The Hall–Kier alpha value is -5.36. The van der Waals surface area contributed by atoms with Crippen LogP contribution in [0, 0.1) is 0 Å². The Bertz CT molecular complexity index is 2170. The van der Waals surface area contributed by atoms with Crippen molar-refractivity contribution >= 4 is 48.0 Å². The summed E-state index contributed by atoms with van der Waals surface area (Å²) in [7, 11) is 0. The topological polar surface area (TPSA) is 344 Å². The molecule has 0 aromatic carbocycles. The second-order valence-corrected chi connectivity index (χ2v) is 32.3. The molecular formula is C94H182N8O20. The van der Waals surface area contributed by atoms with Gasteiger partial charge in [0.15, 0.2) is 0 Å². The molecule has 28 nitrogen and oxygen atoms in total. The van der Waals surface area contributed by atoms with Gasteiger partial charge in [0.2, 0.25) is 11.8 Å². The average molecular weight is 1740 g/mol. The fourth-order valence-electron chi connectivity index (χ4n) is 13.5. The zero-order valence-corrected chi connectivity index (χ0v) is 77.9. The van der Waals surface area contributed by atoms with Gasteiger partial charge in [-0.25, -0.2) is 28.8 Å². The molecule has 0 aliphatic heterocycles. The van der Waals surface area contributed by atoms with Crippen LogP contribution in [0.2, 0.25) is 0 Å². The molecule has 0 spiro atoms. The van der Waals surface area contributed by atoms with Gasteiger partial charge in [-0.15, -0.1) is 0 Å². The van der Waals surface area contributed by atoms with Crippen LogP contribution in [0.4, 0.5) is 19.2 Å². The van der Waals surface area contributed by atoms with Gasteiger partial charge in [0.1, 0.15) is 25.3 Å². The standard InChI is InChI=1S/C94H182N8O20/c1-5-9-13-17-21-25-29-33-41-53-65-119-89(105)85(55-45-51-59-95-87(103)57-43-35-31-27-23-19-15-11-7-3)101-91(107)97-61-47-37-39-49-63-99-93(109)121-83-81-117-79-77-115-75-73-113-71-69-111-67-68-112-70-72-114-74-76-116-78-80-118-82-84-122-94(110)100-64-50-40-38-48-62-98-92(108)102-86(90(106)120-66-54-42-34-30-26-22-18-14-10-6-2)56-46-52-60-96-88(104)58-44-36-32-28-24-20-16-12-8-4/h85-86H,5-84H2,1-4H3,(H,95,103)(H,96,104)(H,99,109)(H,100,110)(H2,97,101,107)(H2,98,102,108)/t85-,86-/m0/s1. The fourth-order valence-corrected chi connectivity index (χ4v) is 13.5. The van der Waals surface area contributed by atoms with E-state index in [2.05, 4.69) is 70.2 Å². The summed E-state index contributed by atoms with van der Waals surface area (Å²) in [6, 6.07) is -2.34. The van der Waals surface area contributed by atoms with Crippen molar-refractivity contribution < 1.29 is 95.2 Å². The van der Waals surface area contributed by atoms with E-state index in [1.54, 1.807) is 0 Å². The Labute approximate surface area is 740 Å². The predicted molar refractivity (Wildman–Crippen MR) is 486 cm³/mol. The highest BCUT2D eigenvalue weighted by molar-refractivity contribution is 5.84. The summed E-state index contributed by atoms with van der Waals surface area (Å²) in [6.45, 7) is 18.9. The molecule has 0 aliphatic rings. The lowest BCUT2D eigenvalue weighted by Crippen LogP contribution is -2.47. The van der Waals surface area contributed by atoms with E-state index in [-0.39, 0.29) is 38.2 Å². The van der Waals surface area contributed by atoms with E-state index in [0.717, 1.165) is 116 Å². The van der Waals surface area contributed by atoms with Crippen LogP contribution in [0.5, 0.6) is 0 Å². The van der Waals surface area contributed by atoms with Crippen LogP contribution in [0.3, 0.4) is 0 Å². The van der Waals surface area contributed by atoms with E-state index in [0.29, 0.717) is 196 Å². The van der Waals surface area contributed by atoms with Crippen molar-refractivity contribution in [3.63, 3.8) is 0 Å². The van der Waals surface area contributed by atoms with Crippen molar-refractivity contribution in [3.05, 3.63) is 0 Å². The molecule has 0 bridgehead atoms. The molecule has 28 heteroatoms. The zero-order chi connectivity index (χ0) is 88.5. The molecule has 0 aliphatic carbocycles. The number of hydrogen-bond donors (Lipinski definition) is 8. The average Bonchev–Trinajstić information content (AvgIpc) is 0.924. The smallest absolute Gasteiger partial charge is 0.407 e. The van der Waals surface area contributed by atoms with Gasteiger partial charge in [0.05, 0.1) is 119 Å². The maximum Gasteiger partial charge on any atom is 0.407 e. The normalized spacial score (nSPS) is 11.7. The lowest BCUT2D eigenvalue weighted by molar-refractivity contribution is -0.147. The van der Waals surface area contributed by atoms with E-state index in [1.165, 1.54) is 180 Å². The second-order valence-electron chi connectivity index (χ2n) is 32.3. The number of unbranched alkanes of at least 4 members (excludes halogenated alkanes) is 42. The van der Waals surface area contributed by atoms with Gasteiger partial charge >= 0.3 is 36.2 Å². The van der Waals surface area contributed by atoms with E-state index < -0.39 is 48.3 Å². The van der Waals surface area contributed by atoms with E-state index >= 15 is 0 Å². The number of hydrogen-bond acceptors (Lipinski definition) is 20. The molecule has 0 unspecified atom stereocenters. The molecule has 0 aromatic heterocycles. The Morgan fingerprint density at radius 2 is 0.402 bits per heavy atom. The number of urea groups is 2. The highest BCUT2D eigenvalue weighted by Crippen LogP contribution is 2.17. The van der Waals surface area contributed by atoms with Crippen molar-refractivity contribution in [1.29, 1.82) is 0 Å². The highest BCUT2D eigenvalue weighted by atomic mass is 16.6. The Kier molecular flexibility index (Phi) is 93.5. The minimum atomic E-state index is -0.766. The van der Waals surface area contributed by atoms with Gasteiger partial charge in [0.25, 0.3) is 0 Å². The quantitative estimate of drug-likeness (QED) is 0.0159. The molecule has 0 fully saturated rings. The molecule has 8 N–H and O–H groups in total. The lowest BCUT2D eigenvalue weighted by Gasteiger charge is -2.18. The third kappa shape index (κ3) is 90.9. The van der Waals surface area contributed by atoms with Crippen LogP contribution in [0.1, 0.15) is 374 Å². The van der Waals surface area contributed by atoms with Crippen LogP contribution in [0.15, 0.2) is 0 Å². The highest BCUT2D eigenvalue weighted by Gasteiger charge is 2.24. The predicted octanol–water partition coefficient (Wildman–Crippen LogP) is 18.4.